The fourth-order valence-electron chi connectivity index (χ4n) is 6.91. The summed E-state index contributed by atoms with van der Waals surface area (Å²) in [6, 6.07) is 9.74. The van der Waals surface area contributed by atoms with Crippen molar-refractivity contribution in [2.24, 2.45) is 29.6 Å². The number of aromatic nitrogens is 1. The van der Waals surface area contributed by atoms with Gasteiger partial charge in [-0.25, -0.2) is 0 Å². The quantitative estimate of drug-likeness (QED) is 0.354. The number of hydrogen-bond acceptors (Lipinski definition) is 8. The van der Waals surface area contributed by atoms with Gasteiger partial charge < -0.3 is 19.8 Å². The Hall–Kier alpha value is -3.31. The number of H-pyrrole nitrogens is 1. The molecule has 2 aliphatic heterocycles. The monoisotopic (exact) mass is 523 g/mol. The van der Waals surface area contributed by atoms with E-state index in [2.05, 4.69) is 10.3 Å². The van der Waals surface area contributed by atoms with E-state index >= 15 is 0 Å². The first kappa shape index (κ1) is 21.9. The van der Waals surface area contributed by atoms with Crippen LogP contribution in [0.5, 0.6) is 5.75 Å². The lowest BCUT2D eigenvalue weighted by molar-refractivity contribution is -0.143. The molecule has 2 aromatic heterocycles. The molecule has 4 heterocycles. The molecule has 3 fully saturated rings. The van der Waals surface area contributed by atoms with E-state index in [9.17, 15) is 24.3 Å². The van der Waals surface area contributed by atoms with Crippen LogP contribution >= 0.6 is 23.1 Å². The number of phenolic OH excluding ortho intramolecular Hbond substituents is 1. The predicted octanol–water partition coefficient (Wildman–Crippen LogP) is 2.85. The summed E-state index contributed by atoms with van der Waals surface area (Å²) in [4.78, 5) is 56.8. The molecule has 3 aromatic rings. The molecule has 184 valence electrons. The Morgan fingerprint density at radius 3 is 2.58 bits per heavy atom. The van der Waals surface area contributed by atoms with Crippen molar-refractivity contribution >= 4 is 46.5 Å². The number of phenols is 1. The number of amides is 3. The van der Waals surface area contributed by atoms with Crippen LogP contribution in [0.15, 0.2) is 56.9 Å². The standard InChI is InChI=1S/C25H21N3O6S2/c29-11-5-3-10(4-6-11)26-15(30)9-28-23(31)17-12-8-13(18(17)24(28)32)20-16(12)19(14-2-1-7-34-14)21-22(35-20)27-25(33)36-21/h1-7,12-13,16-20,29H,8-9H2,(H,26,30)(H,27,33)/t12?,13?,16?,17?,18?,19-,20?/m1/s1. The lowest BCUT2D eigenvalue weighted by atomic mass is 9.69. The average molecular weight is 524 g/mol. The van der Waals surface area contributed by atoms with Crippen molar-refractivity contribution in [1.29, 1.82) is 0 Å². The number of nitrogens with one attached hydrogen (secondary N) is 2. The molecule has 4 aliphatic rings. The molecule has 0 radical (unpaired) electrons. The molecule has 6 unspecified atom stereocenters. The van der Waals surface area contributed by atoms with Gasteiger partial charge in [0.2, 0.25) is 17.7 Å². The molecular weight excluding hydrogens is 502 g/mol. The van der Waals surface area contributed by atoms with Crippen LogP contribution in [0.2, 0.25) is 0 Å². The number of benzene rings is 1. The SMILES string of the molecule is O=C(CN1C(=O)C2C3CC(C2C1=O)C1C3Sc2[nH]c(=O)sc2[C@@H]1c1ccco1)Nc1ccc(O)cc1. The normalized spacial score (nSPS) is 31.9. The molecule has 1 aromatic carbocycles. The number of nitrogens with zero attached hydrogens (tertiary/aromatic N) is 1. The van der Waals surface area contributed by atoms with Crippen LogP contribution < -0.4 is 10.2 Å². The molecule has 1 saturated heterocycles. The average Bonchev–Trinajstić information content (AvgIpc) is 3.66. The number of likely N-dealkylation sites (tertiary alicyclic amines) is 1. The second-order valence-electron chi connectivity index (χ2n) is 9.83. The molecule has 9 nitrogen and oxygen atoms in total. The van der Waals surface area contributed by atoms with E-state index in [-0.39, 0.29) is 57.9 Å². The van der Waals surface area contributed by atoms with Crippen molar-refractivity contribution in [2.45, 2.75) is 22.6 Å². The largest absolute Gasteiger partial charge is 0.508 e. The first-order valence-corrected chi connectivity index (χ1v) is 13.5. The minimum atomic E-state index is -0.463. The summed E-state index contributed by atoms with van der Waals surface area (Å²) in [6.07, 6.45) is 2.40. The molecule has 2 bridgehead atoms. The number of thiazole rings is 1. The zero-order valence-corrected chi connectivity index (χ0v) is 20.4. The maximum Gasteiger partial charge on any atom is 0.305 e. The lowest BCUT2D eigenvalue weighted by Gasteiger charge is -2.42. The first-order valence-electron chi connectivity index (χ1n) is 11.8. The molecule has 11 heteroatoms. The number of thioether (sulfide) groups is 1. The summed E-state index contributed by atoms with van der Waals surface area (Å²) >= 11 is 2.80. The molecule has 2 saturated carbocycles. The summed E-state index contributed by atoms with van der Waals surface area (Å²) in [5.74, 6) is -1.20. The van der Waals surface area contributed by atoms with E-state index in [1.165, 1.54) is 23.5 Å². The first-order chi connectivity index (χ1) is 17.4. The molecule has 7 rings (SSSR count). The molecule has 0 spiro atoms. The third-order valence-electron chi connectivity index (χ3n) is 8.12. The fourth-order valence-corrected chi connectivity index (χ4v) is 9.78. The minimum absolute atomic E-state index is 0.00868. The van der Waals surface area contributed by atoms with Gasteiger partial charge in [-0.3, -0.25) is 24.1 Å². The van der Waals surface area contributed by atoms with Gasteiger partial charge in [0.1, 0.15) is 18.1 Å². The van der Waals surface area contributed by atoms with Crippen LogP contribution in [0.3, 0.4) is 0 Å². The van der Waals surface area contributed by atoms with Gasteiger partial charge in [0.25, 0.3) is 0 Å². The van der Waals surface area contributed by atoms with Gasteiger partial charge in [0.15, 0.2) is 0 Å². The highest BCUT2D eigenvalue weighted by molar-refractivity contribution is 8.00. The smallest absolute Gasteiger partial charge is 0.305 e. The van der Waals surface area contributed by atoms with E-state index < -0.39 is 17.7 Å². The minimum Gasteiger partial charge on any atom is -0.508 e. The number of carbonyl (C=O) groups excluding carboxylic acids is 3. The number of rotatable bonds is 4. The van der Waals surface area contributed by atoms with Gasteiger partial charge in [-0.1, -0.05) is 11.3 Å². The van der Waals surface area contributed by atoms with Crippen LogP contribution in [0.1, 0.15) is 23.0 Å². The number of imide groups is 1. The van der Waals surface area contributed by atoms with Crippen molar-refractivity contribution in [2.75, 3.05) is 11.9 Å². The Morgan fingerprint density at radius 1 is 1.11 bits per heavy atom. The maximum atomic E-state index is 13.5. The highest BCUT2D eigenvalue weighted by atomic mass is 32.2. The van der Waals surface area contributed by atoms with Crippen molar-refractivity contribution in [3.8, 4) is 5.75 Å². The Labute approximate surface area is 212 Å². The summed E-state index contributed by atoms with van der Waals surface area (Å²) < 4.78 is 5.80. The summed E-state index contributed by atoms with van der Waals surface area (Å²) in [5, 5.41) is 13.0. The number of fused-ring (bicyclic) bond motifs is 9. The van der Waals surface area contributed by atoms with Gasteiger partial charge in [0, 0.05) is 10.9 Å². The zero-order valence-electron chi connectivity index (χ0n) is 18.7. The van der Waals surface area contributed by atoms with Crippen LogP contribution in [-0.2, 0) is 14.4 Å². The lowest BCUT2D eigenvalue weighted by Crippen LogP contribution is -2.42. The van der Waals surface area contributed by atoms with Crippen molar-refractivity contribution in [1.82, 2.24) is 9.88 Å². The van der Waals surface area contributed by atoms with Crippen molar-refractivity contribution in [3.63, 3.8) is 0 Å². The highest BCUT2D eigenvalue weighted by Gasteiger charge is 2.69. The fraction of sp³-hybridized carbons (Fsp3) is 0.360. The van der Waals surface area contributed by atoms with Crippen LogP contribution in [0.25, 0.3) is 0 Å². The second kappa shape index (κ2) is 7.84. The predicted molar refractivity (Wildman–Crippen MR) is 131 cm³/mol. The van der Waals surface area contributed by atoms with E-state index in [4.69, 9.17) is 4.42 Å². The van der Waals surface area contributed by atoms with Crippen molar-refractivity contribution < 1.29 is 23.9 Å². The Kier molecular flexibility index (Phi) is 4.78. The van der Waals surface area contributed by atoms with Gasteiger partial charge >= 0.3 is 4.87 Å². The van der Waals surface area contributed by atoms with E-state index in [1.54, 1.807) is 30.2 Å². The van der Waals surface area contributed by atoms with Crippen LogP contribution in [0.4, 0.5) is 5.69 Å². The summed E-state index contributed by atoms with van der Waals surface area (Å²) in [6.45, 7) is -0.338. The van der Waals surface area contributed by atoms with Crippen molar-refractivity contribution in [3.05, 3.63) is 63.0 Å². The molecule has 36 heavy (non-hydrogen) atoms. The number of aromatic amines is 1. The Balaban J connectivity index is 1.17. The zero-order chi connectivity index (χ0) is 24.7. The molecule has 2 aliphatic carbocycles. The van der Waals surface area contributed by atoms with Gasteiger partial charge in [-0.15, -0.1) is 11.8 Å². The molecule has 3 amide bonds. The van der Waals surface area contributed by atoms with Gasteiger partial charge in [-0.05, 0) is 60.6 Å². The third-order valence-corrected chi connectivity index (χ3v) is 10.7. The summed E-state index contributed by atoms with van der Waals surface area (Å²) in [5.41, 5.74) is 0.473. The number of carbonyl (C=O) groups is 3. The number of hydrogen-bond donors (Lipinski definition) is 3. The van der Waals surface area contributed by atoms with Crippen LogP contribution in [-0.4, -0.2) is 44.5 Å². The summed E-state index contributed by atoms with van der Waals surface area (Å²) in [7, 11) is 0. The maximum absolute atomic E-state index is 13.5. The van der Waals surface area contributed by atoms with E-state index in [0.717, 1.165) is 27.0 Å². The molecular formula is C25H21N3O6S2. The van der Waals surface area contributed by atoms with Crippen LogP contribution in [0, 0.1) is 29.6 Å². The topological polar surface area (TPSA) is 133 Å². The third kappa shape index (κ3) is 3.08. The van der Waals surface area contributed by atoms with E-state index in [0.29, 0.717) is 5.69 Å². The second-order valence-corrected chi connectivity index (χ2v) is 12.0. The molecule has 3 N–H and O–H groups in total. The highest BCUT2D eigenvalue weighted by Crippen LogP contribution is 2.68. The number of anilines is 1. The van der Waals surface area contributed by atoms with E-state index in [1.807, 2.05) is 12.1 Å². The number of furan rings is 1. The Morgan fingerprint density at radius 2 is 1.86 bits per heavy atom. The number of aromatic hydroxyl groups is 1. The van der Waals surface area contributed by atoms with Gasteiger partial charge in [-0.2, -0.15) is 0 Å². The molecule has 7 atom stereocenters. The Bertz CT molecular complexity index is 1440. The van der Waals surface area contributed by atoms with Gasteiger partial charge in [0.05, 0.1) is 33.9 Å².